The van der Waals surface area contributed by atoms with E-state index in [4.69, 9.17) is 39.4 Å². The zero-order chi connectivity index (χ0) is 13.3. The van der Waals surface area contributed by atoms with Crippen LogP contribution >= 0.6 is 45.8 Å². The summed E-state index contributed by atoms with van der Waals surface area (Å²) in [6.07, 6.45) is 0. The molecule has 94 valence electrons. The summed E-state index contributed by atoms with van der Waals surface area (Å²) in [7, 11) is 0. The first kappa shape index (κ1) is 13.6. The van der Waals surface area contributed by atoms with Gasteiger partial charge in [-0.2, -0.15) is 0 Å². The van der Waals surface area contributed by atoms with Crippen molar-refractivity contribution in [1.82, 2.24) is 0 Å². The molecule has 0 aliphatic carbocycles. The third kappa shape index (κ3) is 2.93. The van der Waals surface area contributed by atoms with Crippen molar-refractivity contribution in [2.75, 3.05) is 11.5 Å². The van der Waals surface area contributed by atoms with E-state index in [-0.39, 0.29) is 0 Å². The van der Waals surface area contributed by atoms with Crippen molar-refractivity contribution in [3.63, 3.8) is 0 Å². The Hall–Kier alpha value is -0.850. The van der Waals surface area contributed by atoms with E-state index in [0.717, 1.165) is 3.57 Å². The number of anilines is 2. The van der Waals surface area contributed by atoms with Gasteiger partial charge in [-0.15, -0.1) is 0 Å². The molecule has 0 heterocycles. The molecule has 0 fully saturated rings. The standard InChI is InChI=1S/C12H9Cl2IN2O/c13-7-2-1-6(3-9(7)15)18-12-5-11(17)10(16)4-8(12)14/h1-5H,16-17H2. The van der Waals surface area contributed by atoms with Crippen LogP contribution in [0.4, 0.5) is 11.4 Å². The lowest BCUT2D eigenvalue weighted by Gasteiger charge is -2.10. The summed E-state index contributed by atoms with van der Waals surface area (Å²) in [4.78, 5) is 0. The minimum Gasteiger partial charge on any atom is -0.456 e. The number of hydrogen-bond acceptors (Lipinski definition) is 3. The number of ether oxygens (including phenoxy) is 1. The average molecular weight is 395 g/mol. The molecule has 6 heteroatoms. The highest BCUT2D eigenvalue weighted by Gasteiger charge is 2.08. The predicted molar refractivity (Wildman–Crippen MR) is 84.5 cm³/mol. The van der Waals surface area contributed by atoms with Gasteiger partial charge in [0.25, 0.3) is 0 Å². The molecule has 0 saturated carbocycles. The monoisotopic (exact) mass is 394 g/mol. The fourth-order valence-electron chi connectivity index (χ4n) is 1.33. The van der Waals surface area contributed by atoms with Crippen LogP contribution < -0.4 is 16.2 Å². The Balaban J connectivity index is 2.34. The smallest absolute Gasteiger partial charge is 0.148 e. The van der Waals surface area contributed by atoms with Crippen LogP contribution in [0.15, 0.2) is 30.3 Å². The quantitative estimate of drug-likeness (QED) is 0.580. The molecule has 0 aliphatic heterocycles. The second-order valence-corrected chi connectivity index (χ2v) is 5.57. The van der Waals surface area contributed by atoms with E-state index >= 15 is 0 Å². The molecular formula is C12H9Cl2IN2O. The normalized spacial score (nSPS) is 10.4. The predicted octanol–water partition coefficient (Wildman–Crippen LogP) is 4.55. The van der Waals surface area contributed by atoms with Crippen molar-refractivity contribution >= 4 is 57.2 Å². The molecule has 0 unspecified atom stereocenters. The minimum absolute atomic E-state index is 0.409. The Morgan fingerprint density at radius 1 is 0.944 bits per heavy atom. The van der Waals surface area contributed by atoms with Crippen LogP contribution in [0.1, 0.15) is 0 Å². The van der Waals surface area contributed by atoms with Gasteiger partial charge in [0.15, 0.2) is 0 Å². The van der Waals surface area contributed by atoms with Crippen molar-refractivity contribution in [2.45, 2.75) is 0 Å². The second kappa shape index (κ2) is 5.42. The summed E-state index contributed by atoms with van der Waals surface area (Å²) in [5.41, 5.74) is 12.2. The lowest BCUT2D eigenvalue weighted by atomic mass is 10.2. The van der Waals surface area contributed by atoms with E-state index in [9.17, 15) is 0 Å². The van der Waals surface area contributed by atoms with E-state index in [1.165, 1.54) is 0 Å². The number of hydrogen-bond donors (Lipinski definition) is 2. The summed E-state index contributed by atoms with van der Waals surface area (Å²) in [5, 5.41) is 1.08. The third-order valence-corrected chi connectivity index (χ3v) is 4.09. The van der Waals surface area contributed by atoms with E-state index in [0.29, 0.717) is 32.9 Å². The molecule has 2 rings (SSSR count). The van der Waals surface area contributed by atoms with E-state index in [2.05, 4.69) is 22.6 Å². The number of halogens is 3. The van der Waals surface area contributed by atoms with E-state index in [1.807, 2.05) is 6.07 Å². The Bertz CT molecular complexity index is 605. The van der Waals surface area contributed by atoms with Gasteiger partial charge in [0, 0.05) is 9.64 Å². The van der Waals surface area contributed by atoms with Crippen LogP contribution in [-0.4, -0.2) is 0 Å². The zero-order valence-electron chi connectivity index (χ0n) is 9.08. The molecule has 0 radical (unpaired) electrons. The van der Waals surface area contributed by atoms with Crippen LogP contribution in [0.5, 0.6) is 11.5 Å². The zero-order valence-corrected chi connectivity index (χ0v) is 12.8. The number of rotatable bonds is 2. The van der Waals surface area contributed by atoms with Gasteiger partial charge in [0.05, 0.1) is 21.4 Å². The highest BCUT2D eigenvalue weighted by atomic mass is 127. The van der Waals surface area contributed by atoms with E-state index < -0.39 is 0 Å². The molecule has 2 aromatic carbocycles. The Morgan fingerprint density at radius 3 is 2.28 bits per heavy atom. The molecule has 0 amide bonds. The van der Waals surface area contributed by atoms with Crippen molar-refractivity contribution in [1.29, 1.82) is 0 Å². The van der Waals surface area contributed by atoms with Crippen LogP contribution in [0.3, 0.4) is 0 Å². The van der Waals surface area contributed by atoms with Gasteiger partial charge >= 0.3 is 0 Å². The lowest BCUT2D eigenvalue weighted by Crippen LogP contribution is -1.96. The Labute approximate surface area is 128 Å². The molecule has 4 N–H and O–H groups in total. The van der Waals surface area contributed by atoms with Gasteiger partial charge in [-0.3, -0.25) is 0 Å². The first-order chi connectivity index (χ1) is 8.47. The van der Waals surface area contributed by atoms with Gasteiger partial charge in [-0.05, 0) is 46.9 Å². The maximum Gasteiger partial charge on any atom is 0.148 e. The summed E-state index contributed by atoms with van der Waals surface area (Å²) in [6.45, 7) is 0. The average Bonchev–Trinajstić information content (AvgIpc) is 2.31. The first-order valence-electron chi connectivity index (χ1n) is 4.95. The maximum atomic E-state index is 6.03. The van der Waals surface area contributed by atoms with Gasteiger partial charge < -0.3 is 16.2 Å². The molecule has 0 aliphatic rings. The topological polar surface area (TPSA) is 61.3 Å². The van der Waals surface area contributed by atoms with Gasteiger partial charge in [-0.25, -0.2) is 0 Å². The largest absolute Gasteiger partial charge is 0.456 e. The number of nitrogens with two attached hydrogens (primary N) is 2. The molecule has 18 heavy (non-hydrogen) atoms. The summed E-state index contributed by atoms with van der Waals surface area (Å²) < 4.78 is 6.54. The second-order valence-electron chi connectivity index (χ2n) is 3.59. The Morgan fingerprint density at radius 2 is 1.61 bits per heavy atom. The van der Waals surface area contributed by atoms with Gasteiger partial charge in [0.1, 0.15) is 11.5 Å². The molecule has 0 aromatic heterocycles. The highest BCUT2D eigenvalue weighted by Crippen LogP contribution is 2.35. The van der Waals surface area contributed by atoms with E-state index in [1.54, 1.807) is 24.3 Å². The van der Waals surface area contributed by atoms with Crippen molar-refractivity contribution in [3.05, 3.63) is 43.9 Å². The van der Waals surface area contributed by atoms with Crippen molar-refractivity contribution in [2.24, 2.45) is 0 Å². The highest BCUT2D eigenvalue weighted by molar-refractivity contribution is 14.1. The fraction of sp³-hybridized carbons (Fsp3) is 0. The van der Waals surface area contributed by atoms with Crippen LogP contribution in [0.25, 0.3) is 0 Å². The molecule has 0 atom stereocenters. The Kier molecular flexibility index (Phi) is 4.09. The molecule has 0 bridgehead atoms. The van der Waals surface area contributed by atoms with Gasteiger partial charge in [0.2, 0.25) is 0 Å². The maximum absolute atomic E-state index is 6.03. The molecule has 0 saturated heterocycles. The number of benzene rings is 2. The fourth-order valence-corrected chi connectivity index (χ4v) is 2.14. The third-order valence-electron chi connectivity index (χ3n) is 2.26. The van der Waals surface area contributed by atoms with Crippen molar-refractivity contribution in [3.8, 4) is 11.5 Å². The summed E-state index contributed by atoms with van der Waals surface area (Å²) >= 11 is 14.1. The van der Waals surface area contributed by atoms with Crippen LogP contribution in [0, 0.1) is 3.57 Å². The van der Waals surface area contributed by atoms with Crippen LogP contribution in [-0.2, 0) is 0 Å². The lowest BCUT2D eigenvalue weighted by molar-refractivity contribution is 0.483. The summed E-state index contributed by atoms with van der Waals surface area (Å²) in [5.74, 6) is 1.09. The van der Waals surface area contributed by atoms with Gasteiger partial charge in [-0.1, -0.05) is 23.2 Å². The van der Waals surface area contributed by atoms with Crippen LogP contribution in [0.2, 0.25) is 10.0 Å². The molecule has 2 aromatic rings. The molecular weight excluding hydrogens is 386 g/mol. The first-order valence-corrected chi connectivity index (χ1v) is 6.78. The molecule has 3 nitrogen and oxygen atoms in total. The SMILES string of the molecule is Nc1cc(Cl)c(Oc2ccc(Cl)c(I)c2)cc1N. The summed E-state index contributed by atoms with van der Waals surface area (Å²) in [6, 6.07) is 8.48. The minimum atomic E-state index is 0.409. The van der Waals surface area contributed by atoms with Crippen molar-refractivity contribution < 1.29 is 4.74 Å². The molecule has 0 spiro atoms. The number of nitrogen functional groups attached to an aromatic ring is 2.